The van der Waals surface area contributed by atoms with Crippen LogP contribution >= 0.6 is 15.9 Å². The Morgan fingerprint density at radius 1 is 1.05 bits per heavy atom. The quantitative estimate of drug-likeness (QED) is 0.906. The van der Waals surface area contributed by atoms with E-state index in [2.05, 4.69) is 21.2 Å². The summed E-state index contributed by atoms with van der Waals surface area (Å²) in [5.74, 6) is 0.920. The zero-order valence-corrected chi connectivity index (χ0v) is 13.7. The normalized spacial score (nSPS) is 10.1. The van der Waals surface area contributed by atoms with Gasteiger partial charge in [-0.25, -0.2) is 0 Å². The van der Waals surface area contributed by atoms with Crippen molar-refractivity contribution < 1.29 is 14.3 Å². The van der Waals surface area contributed by atoms with Crippen molar-refractivity contribution in [2.75, 3.05) is 19.5 Å². The Kier molecular flexibility index (Phi) is 4.85. The molecule has 0 atom stereocenters. The van der Waals surface area contributed by atoms with Gasteiger partial charge < -0.3 is 14.8 Å². The van der Waals surface area contributed by atoms with Gasteiger partial charge in [0.1, 0.15) is 0 Å². The van der Waals surface area contributed by atoms with Gasteiger partial charge in [-0.15, -0.1) is 0 Å². The van der Waals surface area contributed by atoms with Gasteiger partial charge in [0, 0.05) is 15.7 Å². The van der Waals surface area contributed by atoms with Crippen molar-refractivity contribution in [3.8, 4) is 11.5 Å². The van der Waals surface area contributed by atoms with E-state index in [0.717, 1.165) is 15.7 Å². The highest BCUT2D eigenvalue weighted by Crippen LogP contribution is 2.28. The molecule has 0 heterocycles. The number of methoxy groups -OCH3 is 2. The molecule has 1 N–H and O–H groups in total. The molecule has 0 fully saturated rings. The summed E-state index contributed by atoms with van der Waals surface area (Å²) in [6, 6.07) is 10.7. The number of carbonyl (C=O) groups is 1. The van der Waals surface area contributed by atoms with Crippen LogP contribution in [0.15, 0.2) is 40.9 Å². The predicted molar refractivity (Wildman–Crippen MR) is 86.4 cm³/mol. The maximum Gasteiger partial charge on any atom is 0.255 e. The van der Waals surface area contributed by atoms with E-state index in [0.29, 0.717) is 17.1 Å². The van der Waals surface area contributed by atoms with Gasteiger partial charge in [-0.1, -0.05) is 15.9 Å². The molecule has 0 aliphatic heterocycles. The molecule has 2 aromatic carbocycles. The second-order valence-corrected chi connectivity index (χ2v) is 5.34. The lowest BCUT2D eigenvalue weighted by Gasteiger charge is -2.10. The Bertz CT molecular complexity index is 671. The summed E-state index contributed by atoms with van der Waals surface area (Å²) in [6.07, 6.45) is 0. The minimum Gasteiger partial charge on any atom is -0.493 e. The lowest BCUT2D eigenvalue weighted by atomic mass is 10.1. The van der Waals surface area contributed by atoms with E-state index < -0.39 is 0 Å². The zero-order valence-electron chi connectivity index (χ0n) is 12.1. The molecule has 1 amide bonds. The smallest absolute Gasteiger partial charge is 0.255 e. The van der Waals surface area contributed by atoms with Gasteiger partial charge in [0.2, 0.25) is 0 Å². The number of hydrogen-bond acceptors (Lipinski definition) is 3. The summed E-state index contributed by atoms with van der Waals surface area (Å²) in [5.41, 5.74) is 2.31. The molecule has 0 aliphatic carbocycles. The fraction of sp³-hybridized carbons (Fsp3) is 0.188. The van der Waals surface area contributed by atoms with Gasteiger partial charge in [-0.3, -0.25) is 4.79 Å². The number of hydrogen-bond donors (Lipinski definition) is 1. The number of benzene rings is 2. The number of carbonyl (C=O) groups excluding carboxylic acids is 1. The van der Waals surface area contributed by atoms with Gasteiger partial charge in [0.05, 0.1) is 14.2 Å². The van der Waals surface area contributed by atoms with Crippen LogP contribution in [0, 0.1) is 6.92 Å². The number of amides is 1. The fourth-order valence-electron chi connectivity index (χ4n) is 1.90. The molecular formula is C16H16BrNO3. The number of anilines is 1. The second-order valence-electron chi connectivity index (χ2n) is 4.49. The monoisotopic (exact) mass is 349 g/mol. The molecule has 5 heteroatoms. The van der Waals surface area contributed by atoms with Crippen LogP contribution in [-0.2, 0) is 0 Å². The van der Waals surface area contributed by atoms with Crippen molar-refractivity contribution in [2.45, 2.75) is 6.92 Å². The number of halogens is 1. The summed E-state index contributed by atoms with van der Waals surface area (Å²) < 4.78 is 11.4. The molecule has 2 aromatic rings. The third kappa shape index (κ3) is 3.55. The van der Waals surface area contributed by atoms with Crippen molar-refractivity contribution in [2.24, 2.45) is 0 Å². The van der Waals surface area contributed by atoms with Gasteiger partial charge >= 0.3 is 0 Å². The summed E-state index contributed by atoms with van der Waals surface area (Å²) in [5, 5.41) is 2.86. The second kappa shape index (κ2) is 6.63. The molecule has 0 radical (unpaired) electrons. The van der Waals surface area contributed by atoms with E-state index in [1.165, 1.54) is 7.11 Å². The highest BCUT2D eigenvalue weighted by molar-refractivity contribution is 9.10. The van der Waals surface area contributed by atoms with E-state index >= 15 is 0 Å². The Morgan fingerprint density at radius 2 is 1.76 bits per heavy atom. The first kappa shape index (κ1) is 15.4. The minimum atomic E-state index is -0.197. The van der Waals surface area contributed by atoms with Crippen molar-refractivity contribution in [1.29, 1.82) is 0 Å². The van der Waals surface area contributed by atoms with E-state index in [9.17, 15) is 4.79 Å². The molecule has 0 saturated carbocycles. The van der Waals surface area contributed by atoms with Crippen molar-refractivity contribution in [1.82, 2.24) is 0 Å². The van der Waals surface area contributed by atoms with Crippen LogP contribution in [0.25, 0.3) is 0 Å². The maximum atomic E-state index is 12.3. The molecular weight excluding hydrogens is 334 g/mol. The van der Waals surface area contributed by atoms with Crippen LogP contribution < -0.4 is 14.8 Å². The molecule has 0 bridgehead atoms. The van der Waals surface area contributed by atoms with Crippen LogP contribution in [0.1, 0.15) is 15.9 Å². The minimum absolute atomic E-state index is 0.197. The Hall–Kier alpha value is -2.01. The number of nitrogens with one attached hydrogen (secondary N) is 1. The van der Waals surface area contributed by atoms with Gasteiger partial charge in [-0.05, 0) is 48.9 Å². The molecule has 110 valence electrons. The first-order valence-corrected chi connectivity index (χ1v) is 7.14. The van der Waals surface area contributed by atoms with Crippen LogP contribution in [0.5, 0.6) is 11.5 Å². The van der Waals surface area contributed by atoms with Crippen LogP contribution in [0.3, 0.4) is 0 Å². The highest BCUT2D eigenvalue weighted by atomic mass is 79.9. The van der Waals surface area contributed by atoms with Crippen LogP contribution in [0.4, 0.5) is 5.69 Å². The van der Waals surface area contributed by atoms with Crippen LogP contribution in [0.2, 0.25) is 0 Å². The third-order valence-corrected chi connectivity index (χ3v) is 3.95. The van der Waals surface area contributed by atoms with E-state index in [-0.39, 0.29) is 5.91 Å². The summed E-state index contributed by atoms with van der Waals surface area (Å²) in [6.45, 7) is 1.97. The lowest BCUT2D eigenvalue weighted by molar-refractivity contribution is 0.102. The lowest BCUT2D eigenvalue weighted by Crippen LogP contribution is -2.12. The summed E-state index contributed by atoms with van der Waals surface area (Å²) in [7, 11) is 3.10. The van der Waals surface area contributed by atoms with E-state index in [1.54, 1.807) is 25.3 Å². The Morgan fingerprint density at radius 3 is 2.38 bits per heavy atom. The largest absolute Gasteiger partial charge is 0.493 e. The predicted octanol–water partition coefficient (Wildman–Crippen LogP) is 4.03. The van der Waals surface area contributed by atoms with Crippen LogP contribution in [-0.4, -0.2) is 20.1 Å². The topological polar surface area (TPSA) is 47.6 Å². The molecule has 4 nitrogen and oxygen atoms in total. The molecule has 0 aromatic heterocycles. The standard InChI is InChI=1S/C16H16BrNO3/c1-10-8-12(5-6-13(10)17)18-16(19)11-4-7-14(20-2)15(9-11)21-3/h4-9H,1-3H3,(H,18,19). The average Bonchev–Trinajstić information content (AvgIpc) is 2.50. The first-order valence-electron chi connectivity index (χ1n) is 6.34. The summed E-state index contributed by atoms with van der Waals surface area (Å²) >= 11 is 3.43. The molecule has 21 heavy (non-hydrogen) atoms. The fourth-order valence-corrected chi connectivity index (χ4v) is 2.15. The van der Waals surface area contributed by atoms with Gasteiger partial charge in [0.15, 0.2) is 11.5 Å². The van der Waals surface area contributed by atoms with Crippen molar-refractivity contribution in [3.05, 3.63) is 52.0 Å². The SMILES string of the molecule is COc1ccc(C(=O)Nc2ccc(Br)c(C)c2)cc1OC. The maximum absolute atomic E-state index is 12.3. The van der Waals surface area contributed by atoms with Crippen molar-refractivity contribution >= 4 is 27.5 Å². The first-order chi connectivity index (χ1) is 10.0. The molecule has 0 spiro atoms. The number of aryl methyl sites for hydroxylation is 1. The van der Waals surface area contributed by atoms with Gasteiger partial charge in [-0.2, -0.15) is 0 Å². The molecule has 2 rings (SSSR count). The Labute approximate surface area is 132 Å². The van der Waals surface area contributed by atoms with Crippen molar-refractivity contribution in [3.63, 3.8) is 0 Å². The molecule has 0 saturated heterocycles. The number of rotatable bonds is 4. The number of ether oxygens (including phenoxy) is 2. The molecule has 0 unspecified atom stereocenters. The van der Waals surface area contributed by atoms with Gasteiger partial charge in [0.25, 0.3) is 5.91 Å². The average molecular weight is 350 g/mol. The van der Waals surface area contributed by atoms with E-state index in [1.807, 2.05) is 25.1 Å². The highest BCUT2D eigenvalue weighted by Gasteiger charge is 2.11. The zero-order chi connectivity index (χ0) is 15.4. The molecule has 0 aliphatic rings. The summed E-state index contributed by atoms with van der Waals surface area (Å²) in [4.78, 5) is 12.3. The Balaban J connectivity index is 2.21. The van der Waals surface area contributed by atoms with E-state index in [4.69, 9.17) is 9.47 Å². The third-order valence-electron chi connectivity index (χ3n) is 3.06.